The van der Waals surface area contributed by atoms with Crippen molar-refractivity contribution in [1.82, 2.24) is 14.4 Å². The van der Waals surface area contributed by atoms with E-state index in [-0.39, 0.29) is 17.0 Å². The lowest BCUT2D eigenvalue weighted by Gasteiger charge is -2.36. The van der Waals surface area contributed by atoms with Crippen LogP contribution >= 0.6 is 24.0 Å². The summed E-state index contributed by atoms with van der Waals surface area (Å²) in [4.78, 5) is 33.4. The zero-order chi connectivity index (χ0) is 25.8. The Kier molecular flexibility index (Phi) is 8.29. The number of benzene rings is 1. The molecule has 0 radical (unpaired) electrons. The van der Waals surface area contributed by atoms with Crippen LogP contribution in [0.1, 0.15) is 35.6 Å². The third-order valence-corrected chi connectivity index (χ3v) is 8.09. The number of hydrogen-bond donors (Lipinski definition) is 0. The van der Waals surface area contributed by atoms with Crippen molar-refractivity contribution in [2.45, 2.75) is 33.2 Å². The number of thioether (sulfide) groups is 1. The van der Waals surface area contributed by atoms with Crippen molar-refractivity contribution >= 4 is 46.1 Å². The van der Waals surface area contributed by atoms with Gasteiger partial charge in [0.1, 0.15) is 21.8 Å². The number of anilines is 1. The Morgan fingerprint density at radius 1 is 1.11 bits per heavy atom. The van der Waals surface area contributed by atoms with Gasteiger partial charge in [-0.3, -0.25) is 19.1 Å². The Bertz CT molecular complexity index is 1290. The zero-order valence-corrected chi connectivity index (χ0v) is 22.6. The summed E-state index contributed by atoms with van der Waals surface area (Å²) < 4.78 is 2.25. The lowest BCUT2D eigenvalue weighted by molar-refractivity contribution is -0.122. The number of hydrogen-bond acceptors (Lipinski definition) is 7. The number of aromatic nitrogens is 1. The molecule has 0 aliphatic carbocycles. The summed E-state index contributed by atoms with van der Waals surface area (Å²) in [6.07, 6.45) is 3.32. The number of carbonyl (C=O) groups excluding carboxylic acids is 1. The maximum atomic E-state index is 13.4. The van der Waals surface area contributed by atoms with Crippen LogP contribution in [-0.4, -0.2) is 64.4 Å². The molecule has 2 fully saturated rings. The SMILES string of the molecule is CCCn1c(N2CCN(C)CC2)c(/C=C2/SC(=S)N(CCc3ccccc3)C2=O)c(C)c(C#N)c1=O. The molecule has 4 rings (SSSR count). The van der Waals surface area contributed by atoms with Gasteiger partial charge in [0.25, 0.3) is 11.5 Å². The highest BCUT2D eigenvalue weighted by molar-refractivity contribution is 8.26. The standard InChI is InChI=1S/C27H31N5O2S2/c1-4-11-31-24(30-15-13-29(3)14-16-30)21(19(2)22(18-28)25(31)33)17-23-26(34)32(27(35)36-23)12-10-20-8-6-5-7-9-20/h5-9,17H,4,10-16H2,1-3H3/b23-17+. The van der Waals surface area contributed by atoms with E-state index in [0.717, 1.165) is 49.5 Å². The molecule has 0 atom stereocenters. The van der Waals surface area contributed by atoms with Gasteiger partial charge >= 0.3 is 0 Å². The van der Waals surface area contributed by atoms with Gasteiger partial charge in [-0.2, -0.15) is 5.26 Å². The number of pyridine rings is 1. The van der Waals surface area contributed by atoms with Gasteiger partial charge in [-0.15, -0.1) is 0 Å². The van der Waals surface area contributed by atoms with Crippen molar-refractivity contribution in [1.29, 1.82) is 5.26 Å². The van der Waals surface area contributed by atoms with Gasteiger partial charge in [0.15, 0.2) is 0 Å². The first kappa shape index (κ1) is 26.1. The quantitative estimate of drug-likeness (QED) is 0.407. The lowest BCUT2D eigenvalue weighted by atomic mass is 10.0. The van der Waals surface area contributed by atoms with Crippen LogP contribution in [0.2, 0.25) is 0 Å². The fourth-order valence-electron chi connectivity index (χ4n) is 4.64. The normalized spacial score (nSPS) is 17.8. The highest BCUT2D eigenvalue weighted by atomic mass is 32.2. The van der Waals surface area contributed by atoms with Gasteiger partial charge in [-0.25, -0.2) is 0 Å². The summed E-state index contributed by atoms with van der Waals surface area (Å²) in [6.45, 7) is 8.12. The molecule has 2 aliphatic rings. The van der Waals surface area contributed by atoms with Gasteiger partial charge in [-0.05, 0) is 44.0 Å². The first-order valence-corrected chi connectivity index (χ1v) is 13.5. The number of likely N-dealkylation sites (N-methyl/N-ethyl adjacent to an activating group) is 1. The van der Waals surface area contributed by atoms with E-state index < -0.39 is 0 Å². The van der Waals surface area contributed by atoms with Crippen LogP contribution in [0.15, 0.2) is 40.0 Å². The molecule has 0 unspecified atom stereocenters. The second kappa shape index (κ2) is 11.4. The minimum absolute atomic E-state index is 0.128. The lowest BCUT2D eigenvalue weighted by Crippen LogP contribution is -2.47. The summed E-state index contributed by atoms with van der Waals surface area (Å²) >= 11 is 6.86. The van der Waals surface area contributed by atoms with Gasteiger partial charge in [0.05, 0.1) is 4.91 Å². The first-order chi connectivity index (χ1) is 17.3. The molecule has 188 valence electrons. The molecule has 2 saturated heterocycles. The number of nitriles is 1. The Balaban J connectivity index is 1.75. The van der Waals surface area contributed by atoms with Crippen molar-refractivity contribution < 1.29 is 4.79 Å². The molecule has 2 aromatic rings. The van der Waals surface area contributed by atoms with Gasteiger partial charge < -0.3 is 9.80 Å². The van der Waals surface area contributed by atoms with Crippen LogP contribution in [0, 0.1) is 18.3 Å². The Labute approximate surface area is 222 Å². The van der Waals surface area contributed by atoms with Crippen molar-refractivity contribution in [3.63, 3.8) is 0 Å². The highest BCUT2D eigenvalue weighted by Gasteiger charge is 2.33. The number of thiocarbonyl (C=S) groups is 1. The minimum atomic E-state index is -0.265. The van der Waals surface area contributed by atoms with Gasteiger partial charge in [0.2, 0.25) is 0 Å². The molecule has 1 aromatic carbocycles. The zero-order valence-electron chi connectivity index (χ0n) is 21.0. The molecule has 0 spiro atoms. The molecule has 9 heteroatoms. The summed E-state index contributed by atoms with van der Waals surface area (Å²) in [7, 11) is 2.09. The highest BCUT2D eigenvalue weighted by Crippen LogP contribution is 2.36. The van der Waals surface area contributed by atoms with E-state index in [2.05, 4.69) is 22.9 Å². The molecular weight excluding hydrogens is 490 g/mol. The second-order valence-electron chi connectivity index (χ2n) is 9.17. The van der Waals surface area contributed by atoms with Gasteiger partial charge in [0, 0.05) is 44.8 Å². The number of amides is 1. The van der Waals surface area contributed by atoms with E-state index in [1.165, 1.54) is 11.8 Å². The van der Waals surface area contributed by atoms with E-state index in [0.29, 0.717) is 34.3 Å². The Hall–Kier alpha value is -2.93. The second-order valence-corrected chi connectivity index (χ2v) is 10.8. The molecule has 0 saturated carbocycles. The molecule has 36 heavy (non-hydrogen) atoms. The summed E-state index contributed by atoms with van der Waals surface area (Å²) in [5.74, 6) is 0.664. The summed E-state index contributed by atoms with van der Waals surface area (Å²) in [5.41, 5.74) is 2.38. The molecule has 0 N–H and O–H groups in total. The van der Waals surface area contributed by atoms with Crippen LogP contribution in [0.3, 0.4) is 0 Å². The monoisotopic (exact) mass is 521 g/mol. The van der Waals surface area contributed by atoms with E-state index in [4.69, 9.17) is 12.2 Å². The van der Waals surface area contributed by atoms with Crippen LogP contribution in [-0.2, 0) is 17.8 Å². The number of piperazine rings is 1. The fourth-order valence-corrected chi connectivity index (χ4v) is 5.93. The summed E-state index contributed by atoms with van der Waals surface area (Å²) in [6, 6.07) is 12.1. The average molecular weight is 522 g/mol. The van der Waals surface area contributed by atoms with E-state index in [9.17, 15) is 14.9 Å². The van der Waals surface area contributed by atoms with E-state index in [1.54, 1.807) is 16.4 Å². The van der Waals surface area contributed by atoms with E-state index in [1.807, 2.05) is 43.3 Å². The number of carbonyl (C=O) groups is 1. The fraction of sp³-hybridized carbons (Fsp3) is 0.407. The molecular formula is C27H31N5O2S2. The summed E-state index contributed by atoms with van der Waals surface area (Å²) in [5, 5.41) is 9.82. The Morgan fingerprint density at radius 2 is 1.81 bits per heavy atom. The molecule has 1 aromatic heterocycles. The predicted molar refractivity (Wildman–Crippen MR) is 150 cm³/mol. The number of rotatable bonds is 7. The molecule has 7 nitrogen and oxygen atoms in total. The molecule has 0 bridgehead atoms. The van der Waals surface area contributed by atoms with Gasteiger partial charge in [-0.1, -0.05) is 61.2 Å². The first-order valence-electron chi connectivity index (χ1n) is 12.3. The number of nitrogens with zero attached hydrogens (tertiary/aromatic N) is 5. The minimum Gasteiger partial charge on any atom is -0.355 e. The van der Waals surface area contributed by atoms with Crippen molar-refractivity contribution in [2.75, 3.05) is 44.7 Å². The maximum Gasteiger partial charge on any atom is 0.270 e. The van der Waals surface area contributed by atoms with Crippen LogP contribution in [0.5, 0.6) is 0 Å². The molecule has 2 aliphatic heterocycles. The molecule has 3 heterocycles. The van der Waals surface area contributed by atoms with Crippen molar-refractivity contribution in [2.24, 2.45) is 0 Å². The largest absolute Gasteiger partial charge is 0.355 e. The predicted octanol–water partition coefficient (Wildman–Crippen LogP) is 3.63. The van der Waals surface area contributed by atoms with Crippen LogP contribution < -0.4 is 10.5 Å². The maximum absolute atomic E-state index is 13.4. The third kappa shape index (κ3) is 5.26. The third-order valence-electron chi connectivity index (χ3n) is 6.71. The van der Waals surface area contributed by atoms with Crippen molar-refractivity contribution in [3.05, 3.63) is 67.8 Å². The van der Waals surface area contributed by atoms with Crippen molar-refractivity contribution in [3.8, 4) is 6.07 Å². The topological polar surface area (TPSA) is 72.6 Å². The van der Waals surface area contributed by atoms with Crippen LogP contribution in [0.4, 0.5) is 5.82 Å². The van der Waals surface area contributed by atoms with E-state index >= 15 is 0 Å². The average Bonchev–Trinajstić information content (AvgIpc) is 3.14. The smallest absolute Gasteiger partial charge is 0.270 e. The Morgan fingerprint density at radius 3 is 2.44 bits per heavy atom. The van der Waals surface area contributed by atoms with Crippen LogP contribution in [0.25, 0.3) is 6.08 Å². The molecule has 1 amide bonds.